The van der Waals surface area contributed by atoms with Crippen LogP contribution in [0.25, 0.3) is 0 Å². The fourth-order valence-corrected chi connectivity index (χ4v) is 3.60. The van der Waals surface area contributed by atoms with E-state index in [-0.39, 0.29) is 0 Å². The van der Waals surface area contributed by atoms with Crippen LogP contribution < -0.4 is 0 Å². The molecule has 0 aromatic carbocycles. The molecule has 0 aromatic heterocycles. The van der Waals surface area contributed by atoms with Gasteiger partial charge in [0.25, 0.3) is 0 Å². The lowest BCUT2D eigenvalue weighted by Gasteiger charge is -2.31. The third-order valence-electron chi connectivity index (χ3n) is 5.37. The van der Waals surface area contributed by atoms with Gasteiger partial charge in [-0.3, -0.25) is 0 Å². The Hall–Kier alpha value is -0.420. The van der Waals surface area contributed by atoms with Crippen LogP contribution in [-0.2, 0) is 19.6 Å². The minimum atomic E-state index is -0.786. The van der Waals surface area contributed by atoms with Crippen LogP contribution in [0.1, 0.15) is 124 Å². The maximum absolute atomic E-state index is 5.88. The first-order valence-electron chi connectivity index (χ1n) is 12.1. The molecule has 0 fully saturated rings. The largest absolute Gasteiger partial charge is 0.234 e. The van der Waals surface area contributed by atoms with Gasteiger partial charge in [-0.15, -0.1) is 0 Å². The van der Waals surface area contributed by atoms with E-state index in [1.165, 1.54) is 69.8 Å². The summed E-state index contributed by atoms with van der Waals surface area (Å²) in [6.07, 6.45) is 20.8. The van der Waals surface area contributed by atoms with Crippen molar-refractivity contribution in [3.05, 3.63) is 11.6 Å². The SMILES string of the molecule is CCCCCCCCCC(CCC1=CCCCC1)(OOCCC)OOCCC. The highest BCUT2D eigenvalue weighted by Crippen LogP contribution is 2.32. The van der Waals surface area contributed by atoms with Crippen LogP contribution in [0.2, 0.25) is 0 Å². The van der Waals surface area contributed by atoms with Gasteiger partial charge in [0.15, 0.2) is 0 Å². The number of rotatable bonds is 19. The highest BCUT2D eigenvalue weighted by molar-refractivity contribution is 5.05. The summed E-state index contributed by atoms with van der Waals surface area (Å²) >= 11 is 0. The Kier molecular flexibility index (Phi) is 16.0. The van der Waals surface area contributed by atoms with Gasteiger partial charge in [0.1, 0.15) is 0 Å². The maximum atomic E-state index is 5.88. The molecule has 166 valence electrons. The van der Waals surface area contributed by atoms with Crippen LogP contribution >= 0.6 is 0 Å². The van der Waals surface area contributed by atoms with Gasteiger partial charge in [-0.25, -0.2) is 9.78 Å². The second-order valence-electron chi connectivity index (χ2n) is 8.20. The van der Waals surface area contributed by atoms with Crippen LogP contribution in [-0.4, -0.2) is 19.0 Å². The van der Waals surface area contributed by atoms with Gasteiger partial charge in [0.05, 0.1) is 13.2 Å². The molecule has 0 unspecified atom stereocenters. The van der Waals surface area contributed by atoms with Crippen molar-refractivity contribution in [1.29, 1.82) is 0 Å². The van der Waals surface area contributed by atoms with E-state index in [2.05, 4.69) is 26.8 Å². The summed E-state index contributed by atoms with van der Waals surface area (Å²) in [4.78, 5) is 22.8. The Morgan fingerprint density at radius 3 is 1.96 bits per heavy atom. The zero-order chi connectivity index (χ0) is 20.3. The topological polar surface area (TPSA) is 36.9 Å². The molecule has 4 heteroatoms. The Balaban J connectivity index is 2.58. The molecule has 1 rings (SSSR count). The molecular formula is C24H46O4. The van der Waals surface area contributed by atoms with Crippen LogP contribution in [0.4, 0.5) is 0 Å². The van der Waals surface area contributed by atoms with Crippen LogP contribution in [0.15, 0.2) is 11.6 Å². The fourth-order valence-electron chi connectivity index (χ4n) is 3.60. The van der Waals surface area contributed by atoms with E-state index in [0.29, 0.717) is 13.2 Å². The molecule has 0 atom stereocenters. The lowest BCUT2D eigenvalue weighted by atomic mass is 9.92. The van der Waals surface area contributed by atoms with Crippen molar-refractivity contribution in [3.8, 4) is 0 Å². The first-order chi connectivity index (χ1) is 13.8. The molecule has 0 aliphatic heterocycles. The lowest BCUT2D eigenvalue weighted by Crippen LogP contribution is -2.37. The van der Waals surface area contributed by atoms with Crippen LogP contribution in [0.5, 0.6) is 0 Å². The van der Waals surface area contributed by atoms with Gasteiger partial charge in [-0.1, -0.05) is 70.9 Å². The van der Waals surface area contributed by atoms with E-state index in [1.807, 2.05) is 0 Å². The number of allylic oxidation sites excluding steroid dienone is 2. The average molecular weight is 399 g/mol. The van der Waals surface area contributed by atoms with Gasteiger partial charge >= 0.3 is 0 Å². The summed E-state index contributed by atoms with van der Waals surface area (Å²) in [6.45, 7) is 7.60. The Morgan fingerprint density at radius 2 is 1.39 bits per heavy atom. The van der Waals surface area contributed by atoms with Crippen molar-refractivity contribution >= 4 is 0 Å². The number of unbranched alkanes of at least 4 members (excludes halogenated alkanes) is 6. The van der Waals surface area contributed by atoms with Crippen molar-refractivity contribution in [3.63, 3.8) is 0 Å². The third-order valence-corrected chi connectivity index (χ3v) is 5.37. The quantitative estimate of drug-likeness (QED) is 0.0730. The van der Waals surface area contributed by atoms with Crippen molar-refractivity contribution < 1.29 is 19.6 Å². The first-order valence-corrected chi connectivity index (χ1v) is 12.1. The molecule has 0 radical (unpaired) electrons. The van der Waals surface area contributed by atoms with E-state index in [1.54, 1.807) is 0 Å². The molecule has 0 saturated heterocycles. The Morgan fingerprint density at radius 1 is 0.750 bits per heavy atom. The van der Waals surface area contributed by atoms with Gasteiger partial charge < -0.3 is 0 Å². The van der Waals surface area contributed by atoms with Gasteiger partial charge in [-0.05, 0) is 51.4 Å². The molecule has 0 amide bonds. The summed E-state index contributed by atoms with van der Waals surface area (Å²) in [5.41, 5.74) is 1.54. The second kappa shape index (κ2) is 17.4. The monoisotopic (exact) mass is 398 g/mol. The Bertz CT molecular complexity index is 371. The van der Waals surface area contributed by atoms with Crippen LogP contribution in [0, 0.1) is 0 Å². The zero-order valence-corrected chi connectivity index (χ0v) is 18.9. The van der Waals surface area contributed by atoms with Gasteiger partial charge in [-0.2, -0.15) is 9.78 Å². The predicted molar refractivity (Wildman–Crippen MR) is 116 cm³/mol. The lowest BCUT2D eigenvalue weighted by molar-refractivity contribution is -0.514. The van der Waals surface area contributed by atoms with E-state index in [4.69, 9.17) is 19.6 Å². The summed E-state index contributed by atoms with van der Waals surface area (Å²) in [7, 11) is 0. The number of hydrogen-bond donors (Lipinski definition) is 0. The Labute approximate surface area is 174 Å². The first kappa shape index (κ1) is 25.6. The van der Waals surface area contributed by atoms with Gasteiger partial charge in [0.2, 0.25) is 5.79 Å². The summed E-state index contributed by atoms with van der Waals surface area (Å²) in [5, 5.41) is 0. The fraction of sp³-hybridized carbons (Fsp3) is 0.917. The second-order valence-corrected chi connectivity index (χ2v) is 8.20. The molecule has 0 bridgehead atoms. The molecular weight excluding hydrogens is 352 g/mol. The summed E-state index contributed by atoms with van der Waals surface area (Å²) in [6, 6.07) is 0. The molecule has 0 spiro atoms. The molecule has 1 aliphatic rings. The van der Waals surface area contributed by atoms with Gasteiger partial charge in [0, 0.05) is 12.8 Å². The zero-order valence-electron chi connectivity index (χ0n) is 18.9. The molecule has 28 heavy (non-hydrogen) atoms. The average Bonchev–Trinajstić information content (AvgIpc) is 2.72. The predicted octanol–water partition coefficient (Wildman–Crippen LogP) is 7.82. The van der Waals surface area contributed by atoms with Crippen molar-refractivity contribution in [2.45, 2.75) is 129 Å². The maximum Gasteiger partial charge on any atom is 0.234 e. The highest BCUT2D eigenvalue weighted by atomic mass is 17.3. The summed E-state index contributed by atoms with van der Waals surface area (Å²) in [5.74, 6) is -0.786. The minimum Gasteiger partial charge on any atom is -0.234 e. The normalized spacial score (nSPS) is 15.0. The molecule has 0 aromatic rings. The van der Waals surface area contributed by atoms with Crippen molar-refractivity contribution in [1.82, 2.24) is 0 Å². The number of hydrogen-bond acceptors (Lipinski definition) is 4. The van der Waals surface area contributed by atoms with Crippen molar-refractivity contribution in [2.24, 2.45) is 0 Å². The molecule has 1 aliphatic carbocycles. The smallest absolute Gasteiger partial charge is 0.234 e. The summed E-state index contributed by atoms with van der Waals surface area (Å²) < 4.78 is 0. The molecule has 0 heterocycles. The van der Waals surface area contributed by atoms with Crippen LogP contribution in [0.3, 0.4) is 0 Å². The minimum absolute atomic E-state index is 0.582. The van der Waals surface area contributed by atoms with E-state index in [9.17, 15) is 0 Å². The van der Waals surface area contributed by atoms with Crippen molar-refractivity contribution in [2.75, 3.05) is 13.2 Å². The molecule has 0 saturated carbocycles. The highest BCUT2D eigenvalue weighted by Gasteiger charge is 2.35. The van der Waals surface area contributed by atoms with E-state index >= 15 is 0 Å². The standard InChI is InChI=1S/C24H46O4/c1-4-7-8-9-10-11-15-19-24(27-25-21-5-2,28-26-22-6-3)20-18-23-16-13-12-14-17-23/h16H,4-15,17-22H2,1-3H3. The van der Waals surface area contributed by atoms with E-state index < -0.39 is 5.79 Å². The molecule has 0 N–H and O–H groups in total. The molecule has 4 nitrogen and oxygen atoms in total. The van der Waals surface area contributed by atoms with E-state index in [0.717, 1.165) is 38.5 Å². The third kappa shape index (κ3) is 12.2.